The zero-order chi connectivity index (χ0) is 17.9. The van der Waals surface area contributed by atoms with Gasteiger partial charge < -0.3 is 11.1 Å². The van der Waals surface area contributed by atoms with Crippen LogP contribution in [0, 0.1) is 0 Å². The lowest BCUT2D eigenvalue weighted by atomic mass is 10.3. The van der Waals surface area contributed by atoms with Gasteiger partial charge in [-0.15, -0.1) is 10.2 Å². The maximum atomic E-state index is 5.87. The lowest BCUT2D eigenvalue weighted by Crippen LogP contribution is -2.08. The van der Waals surface area contributed by atoms with Crippen LogP contribution in [0.3, 0.4) is 0 Å². The SMILES string of the molecule is CC(Sc1nnc2ccccn12)c1nc(N)nc(Nc2ccccc2)n1. The first-order valence-electron chi connectivity index (χ1n) is 7.99. The van der Waals surface area contributed by atoms with Gasteiger partial charge in [-0.3, -0.25) is 4.40 Å². The number of pyridine rings is 1. The van der Waals surface area contributed by atoms with E-state index in [4.69, 9.17) is 5.73 Å². The second-order valence-corrected chi connectivity index (χ2v) is 6.85. The van der Waals surface area contributed by atoms with Gasteiger partial charge in [0.15, 0.2) is 10.8 Å². The van der Waals surface area contributed by atoms with Crippen LogP contribution in [-0.2, 0) is 0 Å². The Hall–Kier alpha value is -3.20. The van der Waals surface area contributed by atoms with Gasteiger partial charge in [0.2, 0.25) is 11.9 Å². The zero-order valence-corrected chi connectivity index (χ0v) is 14.8. The molecular weight excluding hydrogens is 348 g/mol. The molecule has 3 N–H and O–H groups in total. The van der Waals surface area contributed by atoms with Gasteiger partial charge in [-0.05, 0) is 31.2 Å². The van der Waals surface area contributed by atoms with E-state index in [2.05, 4.69) is 30.5 Å². The molecule has 0 aliphatic carbocycles. The van der Waals surface area contributed by atoms with Gasteiger partial charge in [-0.25, -0.2) is 0 Å². The summed E-state index contributed by atoms with van der Waals surface area (Å²) < 4.78 is 1.93. The Morgan fingerprint density at radius 1 is 1.00 bits per heavy atom. The first-order valence-corrected chi connectivity index (χ1v) is 8.87. The molecule has 1 atom stereocenters. The molecule has 4 rings (SSSR count). The Labute approximate surface area is 153 Å². The van der Waals surface area contributed by atoms with Crippen LogP contribution in [0.25, 0.3) is 5.65 Å². The Morgan fingerprint density at radius 2 is 1.81 bits per heavy atom. The van der Waals surface area contributed by atoms with Crippen LogP contribution >= 0.6 is 11.8 Å². The molecule has 130 valence electrons. The van der Waals surface area contributed by atoms with E-state index in [9.17, 15) is 0 Å². The fourth-order valence-electron chi connectivity index (χ4n) is 2.41. The van der Waals surface area contributed by atoms with Gasteiger partial charge in [-0.2, -0.15) is 15.0 Å². The first kappa shape index (κ1) is 16.3. The van der Waals surface area contributed by atoms with E-state index in [0.29, 0.717) is 11.8 Å². The van der Waals surface area contributed by atoms with E-state index >= 15 is 0 Å². The summed E-state index contributed by atoms with van der Waals surface area (Å²) in [5.74, 6) is 1.16. The molecular formula is C17H16N8S. The third-order valence-electron chi connectivity index (χ3n) is 3.63. The van der Waals surface area contributed by atoms with Crippen molar-refractivity contribution in [2.75, 3.05) is 11.1 Å². The Bertz CT molecular complexity index is 1030. The number of nitrogen functional groups attached to an aromatic ring is 1. The number of aromatic nitrogens is 6. The van der Waals surface area contributed by atoms with Gasteiger partial charge >= 0.3 is 0 Å². The van der Waals surface area contributed by atoms with Crippen molar-refractivity contribution in [3.8, 4) is 0 Å². The number of hydrogen-bond acceptors (Lipinski definition) is 8. The van der Waals surface area contributed by atoms with E-state index < -0.39 is 0 Å². The molecule has 0 fully saturated rings. The van der Waals surface area contributed by atoms with E-state index in [1.165, 1.54) is 11.8 Å². The third kappa shape index (κ3) is 3.42. The van der Waals surface area contributed by atoms with Crippen LogP contribution in [0.2, 0.25) is 0 Å². The summed E-state index contributed by atoms with van der Waals surface area (Å²) >= 11 is 1.51. The number of benzene rings is 1. The summed E-state index contributed by atoms with van der Waals surface area (Å²) in [6.07, 6.45) is 1.93. The monoisotopic (exact) mass is 364 g/mol. The molecule has 26 heavy (non-hydrogen) atoms. The minimum atomic E-state index is -0.0794. The average molecular weight is 364 g/mol. The smallest absolute Gasteiger partial charge is 0.232 e. The molecule has 3 aromatic heterocycles. The topological polar surface area (TPSA) is 107 Å². The number of thioether (sulfide) groups is 1. The molecule has 0 aliphatic heterocycles. The van der Waals surface area contributed by atoms with Gasteiger partial charge in [0, 0.05) is 11.9 Å². The van der Waals surface area contributed by atoms with Crippen molar-refractivity contribution < 1.29 is 0 Å². The summed E-state index contributed by atoms with van der Waals surface area (Å²) in [5.41, 5.74) is 7.55. The summed E-state index contributed by atoms with van der Waals surface area (Å²) in [6, 6.07) is 15.4. The van der Waals surface area contributed by atoms with Crippen LogP contribution in [0.1, 0.15) is 18.0 Å². The minimum absolute atomic E-state index is 0.0794. The minimum Gasteiger partial charge on any atom is -0.368 e. The molecule has 4 aromatic rings. The van der Waals surface area contributed by atoms with Crippen LogP contribution in [0.4, 0.5) is 17.6 Å². The number of anilines is 3. The van der Waals surface area contributed by atoms with Crippen molar-refractivity contribution in [3.63, 3.8) is 0 Å². The van der Waals surface area contributed by atoms with Gasteiger partial charge in [-0.1, -0.05) is 36.0 Å². The number of nitrogens with one attached hydrogen (secondary N) is 1. The predicted molar refractivity (Wildman–Crippen MR) is 101 cm³/mol. The molecule has 0 spiro atoms. The quantitative estimate of drug-likeness (QED) is 0.520. The molecule has 8 nitrogen and oxygen atoms in total. The van der Waals surface area contributed by atoms with Crippen molar-refractivity contribution in [2.24, 2.45) is 0 Å². The van der Waals surface area contributed by atoms with Crippen LogP contribution in [0.5, 0.6) is 0 Å². The maximum absolute atomic E-state index is 5.87. The van der Waals surface area contributed by atoms with Crippen molar-refractivity contribution in [1.29, 1.82) is 0 Å². The molecule has 3 heterocycles. The molecule has 0 saturated heterocycles. The number of fused-ring (bicyclic) bond motifs is 1. The molecule has 1 unspecified atom stereocenters. The lowest BCUT2D eigenvalue weighted by molar-refractivity contribution is 0.871. The molecule has 9 heteroatoms. The highest BCUT2D eigenvalue weighted by molar-refractivity contribution is 7.99. The highest BCUT2D eigenvalue weighted by Gasteiger charge is 2.17. The van der Waals surface area contributed by atoms with Crippen LogP contribution in [0.15, 0.2) is 59.9 Å². The average Bonchev–Trinajstić information content (AvgIpc) is 3.05. The van der Waals surface area contributed by atoms with E-state index in [0.717, 1.165) is 16.5 Å². The van der Waals surface area contributed by atoms with E-state index in [-0.39, 0.29) is 11.2 Å². The standard InChI is InChI=1S/C17H16N8S/c1-11(26-17-24-23-13-9-5-6-10-25(13)17)14-20-15(18)22-16(21-14)19-12-7-3-2-4-8-12/h2-11H,1H3,(H3,18,19,20,21,22). The fraction of sp³-hybridized carbons (Fsp3) is 0.118. The molecule has 0 radical (unpaired) electrons. The van der Waals surface area contributed by atoms with Crippen molar-refractivity contribution in [3.05, 3.63) is 60.6 Å². The Balaban J connectivity index is 1.58. The van der Waals surface area contributed by atoms with Crippen molar-refractivity contribution in [2.45, 2.75) is 17.3 Å². The second-order valence-electron chi connectivity index (χ2n) is 5.54. The summed E-state index contributed by atoms with van der Waals surface area (Å²) in [4.78, 5) is 12.9. The zero-order valence-electron chi connectivity index (χ0n) is 13.9. The number of hydrogen-bond donors (Lipinski definition) is 2. The number of nitrogens with two attached hydrogens (primary N) is 1. The molecule has 1 aromatic carbocycles. The summed E-state index contributed by atoms with van der Waals surface area (Å²) in [7, 11) is 0. The highest BCUT2D eigenvalue weighted by Crippen LogP contribution is 2.32. The summed E-state index contributed by atoms with van der Waals surface area (Å²) in [6.45, 7) is 2.00. The number of para-hydroxylation sites is 1. The number of rotatable bonds is 5. The van der Waals surface area contributed by atoms with Crippen molar-refractivity contribution in [1.82, 2.24) is 29.5 Å². The molecule has 0 amide bonds. The Morgan fingerprint density at radius 3 is 2.65 bits per heavy atom. The van der Waals surface area contributed by atoms with Crippen LogP contribution in [-0.4, -0.2) is 29.5 Å². The predicted octanol–water partition coefficient (Wildman–Crippen LogP) is 3.09. The maximum Gasteiger partial charge on any atom is 0.232 e. The van der Waals surface area contributed by atoms with Crippen LogP contribution < -0.4 is 11.1 Å². The highest BCUT2D eigenvalue weighted by atomic mass is 32.2. The normalized spacial score (nSPS) is 12.2. The van der Waals surface area contributed by atoms with Gasteiger partial charge in [0.05, 0.1) is 5.25 Å². The van der Waals surface area contributed by atoms with Gasteiger partial charge in [0.1, 0.15) is 5.82 Å². The largest absolute Gasteiger partial charge is 0.368 e. The molecule has 0 saturated carbocycles. The molecule has 0 aliphatic rings. The first-order chi connectivity index (χ1) is 12.7. The molecule has 0 bridgehead atoms. The van der Waals surface area contributed by atoms with E-state index in [1.54, 1.807) is 0 Å². The summed E-state index contributed by atoms with van der Waals surface area (Å²) in [5, 5.41) is 12.2. The van der Waals surface area contributed by atoms with Crippen molar-refractivity contribution >= 4 is 35.0 Å². The van der Waals surface area contributed by atoms with Gasteiger partial charge in [0.25, 0.3) is 0 Å². The fourth-order valence-corrected chi connectivity index (χ4v) is 3.29. The third-order valence-corrected chi connectivity index (χ3v) is 4.68. The second kappa shape index (κ2) is 6.96. The Kier molecular flexibility index (Phi) is 4.36. The lowest BCUT2D eigenvalue weighted by Gasteiger charge is -2.11. The number of nitrogens with zero attached hydrogens (tertiary/aromatic N) is 6. The van der Waals surface area contributed by atoms with E-state index in [1.807, 2.05) is 66.1 Å².